The quantitative estimate of drug-likeness (QED) is 0.692. The van der Waals surface area contributed by atoms with E-state index < -0.39 is 0 Å². The molecule has 1 aromatic heterocycles. The molecule has 0 aliphatic rings. The highest BCUT2D eigenvalue weighted by atomic mass is 35.5. The fraction of sp³-hybridized carbons (Fsp3) is 0.0667. The third-order valence-electron chi connectivity index (χ3n) is 2.93. The zero-order valence-electron chi connectivity index (χ0n) is 10.7. The molecule has 0 aliphatic heterocycles. The molecule has 0 fully saturated rings. The first kappa shape index (κ1) is 14.3. The van der Waals surface area contributed by atoms with E-state index in [0.717, 1.165) is 5.56 Å². The third kappa shape index (κ3) is 3.02. The molecule has 0 spiro atoms. The lowest BCUT2D eigenvalue weighted by atomic mass is 10.1. The average Bonchev–Trinajstić information content (AvgIpc) is 2.99. The van der Waals surface area contributed by atoms with Gasteiger partial charge >= 0.3 is 0 Å². The van der Waals surface area contributed by atoms with Crippen LogP contribution >= 0.6 is 34.5 Å². The van der Waals surface area contributed by atoms with E-state index in [1.165, 1.54) is 17.4 Å². The van der Waals surface area contributed by atoms with Crippen molar-refractivity contribution in [3.05, 3.63) is 64.1 Å². The van der Waals surface area contributed by atoms with Gasteiger partial charge in [-0.1, -0.05) is 53.3 Å². The summed E-state index contributed by atoms with van der Waals surface area (Å²) in [5.41, 5.74) is 1.61. The van der Waals surface area contributed by atoms with Crippen molar-refractivity contribution in [2.45, 2.75) is 5.38 Å². The Bertz CT molecular complexity index is 761. The fourth-order valence-electron chi connectivity index (χ4n) is 1.89. The highest BCUT2D eigenvalue weighted by Gasteiger charge is 2.18. The van der Waals surface area contributed by atoms with Crippen LogP contribution in [0.1, 0.15) is 15.9 Å². The number of hydrogen-bond acceptors (Lipinski definition) is 4. The van der Waals surface area contributed by atoms with Crippen molar-refractivity contribution < 1.29 is 5.11 Å². The minimum atomic E-state index is -0.353. The Morgan fingerprint density at radius 1 is 1.05 bits per heavy atom. The number of alkyl halides is 1. The minimum absolute atomic E-state index is 0.136. The van der Waals surface area contributed by atoms with Crippen molar-refractivity contribution >= 4 is 34.5 Å². The molecule has 21 heavy (non-hydrogen) atoms. The largest absolute Gasteiger partial charge is 0.508 e. The highest BCUT2D eigenvalue weighted by molar-refractivity contribution is 7.15. The Morgan fingerprint density at radius 2 is 1.81 bits per heavy atom. The van der Waals surface area contributed by atoms with Gasteiger partial charge < -0.3 is 5.11 Å². The zero-order chi connectivity index (χ0) is 14.8. The van der Waals surface area contributed by atoms with E-state index in [9.17, 15) is 5.11 Å². The third-order valence-corrected chi connectivity index (χ3v) is 4.87. The van der Waals surface area contributed by atoms with Crippen LogP contribution in [-0.4, -0.2) is 15.3 Å². The smallest absolute Gasteiger partial charge is 0.149 e. The number of phenolic OH excluding ortho intramolecular Hbond substituents is 1. The summed E-state index contributed by atoms with van der Waals surface area (Å²) in [6.07, 6.45) is 0. The van der Waals surface area contributed by atoms with E-state index in [1.807, 2.05) is 30.3 Å². The number of aromatic nitrogens is 2. The number of aromatic hydroxyl groups is 1. The van der Waals surface area contributed by atoms with Crippen molar-refractivity contribution in [3.8, 4) is 16.3 Å². The molecular formula is C15H10Cl2N2OS. The summed E-state index contributed by atoms with van der Waals surface area (Å²) in [5, 5.41) is 19.3. The first-order valence-corrected chi connectivity index (χ1v) is 7.79. The number of nitrogens with zero attached hydrogens (tertiary/aromatic N) is 2. The predicted molar refractivity (Wildman–Crippen MR) is 86.2 cm³/mol. The summed E-state index contributed by atoms with van der Waals surface area (Å²) < 4.78 is 0. The topological polar surface area (TPSA) is 46.0 Å². The maximum atomic E-state index is 9.56. The van der Waals surface area contributed by atoms with Gasteiger partial charge in [0.15, 0.2) is 0 Å². The van der Waals surface area contributed by atoms with Crippen LogP contribution in [-0.2, 0) is 0 Å². The van der Waals surface area contributed by atoms with E-state index in [0.29, 0.717) is 20.6 Å². The number of halogens is 2. The first-order valence-electron chi connectivity index (χ1n) is 6.16. The fourth-order valence-corrected chi connectivity index (χ4v) is 3.35. The molecule has 6 heteroatoms. The Balaban J connectivity index is 1.95. The van der Waals surface area contributed by atoms with Gasteiger partial charge in [0, 0.05) is 5.56 Å². The molecule has 1 unspecified atom stereocenters. The van der Waals surface area contributed by atoms with Crippen LogP contribution in [0.3, 0.4) is 0 Å². The van der Waals surface area contributed by atoms with Crippen LogP contribution in [0.25, 0.3) is 10.6 Å². The zero-order valence-corrected chi connectivity index (χ0v) is 13.0. The molecule has 2 aromatic carbocycles. The molecule has 1 heterocycles. The summed E-state index contributed by atoms with van der Waals surface area (Å²) in [6.45, 7) is 0. The van der Waals surface area contributed by atoms with Crippen molar-refractivity contribution in [3.63, 3.8) is 0 Å². The molecule has 0 radical (unpaired) electrons. The predicted octanol–water partition coefficient (Wildman–Crippen LogP) is 4.89. The average molecular weight is 337 g/mol. The molecule has 0 saturated carbocycles. The molecule has 3 rings (SSSR count). The van der Waals surface area contributed by atoms with Crippen molar-refractivity contribution in [2.24, 2.45) is 0 Å². The lowest BCUT2D eigenvalue weighted by Crippen LogP contribution is -1.91. The monoisotopic (exact) mass is 336 g/mol. The van der Waals surface area contributed by atoms with E-state index in [2.05, 4.69) is 10.2 Å². The summed E-state index contributed by atoms with van der Waals surface area (Å²) >= 11 is 13.9. The van der Waals surface area contributed by atoms with Crippen LogP contribution < -0.4 is 0 Å². The first-order chi connectivity index (χ1) is 10.1. The molecule has 3 aromatic rings. The number of rotatable bonds is 3. The molecule has 3 nitrogen and oxygen atoms in total. The standard InChI is InChI=1S/C15H10Cl2N2OS/c16-12-7-6-10(20)8-11(12)14-18-19-15(21-14)13(17)9-4-2-1-3-5-9/h1-8,13,20H. The van der Waals surface area contributed by atoms with Crippen molar-refractivity contribution in [1.82, 2.24) is 10.2 Å². The second kappa shape index (κ2) is 6.02. The second-order valence-corrected chi connectivity index (χ2v) is 6.24. The van der Waals surface area contributed by atoms with Crippen LogP contribution in [0.5, 0.6) is 5.75 Å². The van der Waals surface area contributed by atoms with Crippen LogP contribution in [0.15, 0.2) is 48.5 Å². The Morgan fingerprint density at radius 3 is 2.57 bits per heavy atom. The van der Waals surface area contributed by atoms with Crippen LogP contribution in [0.4, 0.5) is 0 Å². The highest BCUT2D eigenvalue weighted by Crippen LogP contribution is 2.37. The number of hydrogen-bond donors (Lipinski definition) is 1. The lowest BCUT2D eigenvalue weighted by Gasteiger charge is -2.04. The SMILES string of the molecule is Oc1ccc(Cl)c(-c2nnc(C(Cl)c3ccccc3)s2)c1. The summed E-state index contributed by atoms with van der Waals surface area (Å²) in [4.78, 5) is 0. The van der Waals surface area contributed by atoms with Gasteiger partial charge in [-0.05, 0) is 23.8 Å². The van der Waals surface area contributed by atoms with Crippen LogP contribution in [0.2, 0.25) is 5.02 Å². The molecule has 0 aliphatic carbocycles. The van der Waals surface area contributed by atoms with E-state index in [4.69, 9.17) is 23.2 Å². The van der Waals surface area contributed by atoms with Gasteiger partial charge in [-0.25, -0.2) is 0 Å². The van der Waals surface area contributed by atoms with Gasteiger partial charge in [-0.3, -0.25) is 0 Å². The normalized spacial score (nSPS) is 12.3. The summed E-state index contributed by atoms with van der Waals surface area (Å²) in [5.74, 6) is 0.136. The molecule has 1 N–H and O–H groups in total. The van der Waals surface area contributed by atoms with Gasteiger partial charge in [-0.2, -0.15) is 0 Å². The Kier molecular flexibility index (Phi) is 4.10. The van der Waals surface area contributed by atoms with Gasteiger partial charge in [0.25, 0.3) is 0 Å². The van der Waals surface area contributed by atoms with E-state index in [-0.39, 0.29) is 11.1 Å². The van der Waals surface area contributed by atoms with Gasteiger partial charge in [0.05, 0.1) is 5.02 Å². The summed E-state index contributed by atoms with van der Waals surface area (Å²) in [7, 11) is 0. The van der Waals surface area contributed by atoms with Gasteiger partial charge in [0.1, 0.15) is 21.1 Å². The molecule has 0 amide bonds. The lowest BCUT2D eigenvalue weighted by molar-refractivity contribution is 0.475. The number of phenols is 1. The van der Waals surface area contributed by atoms with Crippen molar-refractivity contribution in [2.75, 3.05) is 0 Å². The molecule has 1 atom stereocenters. The molecular weight excluding hydrogens is 327 g/mol. The molecule has 0 saturated heterocycles. The van der Waals surface area contributed by atoms with E-state index >= 15 is 0 Å². The van der Waals surface area contributed by atoms with E-state index in [1.54, 1.807) is 12.1 Å². The molecule has 0 bridgehead atoms. The Labute approximate surface area is 135 Å². The Hall–Kier alpha value is -1.62. The number of benzene rings is 2. The minimum Gasteiger partial charge on any atom is -0.508 e. The van der Waals surface area contributed by atoms with Gasteiger partial charge in [-0.15, -0.1) is 21.8 Å². The van der Waals surface area contributed by atoms with Gasteiger partial charge in [0.2, 0.25) is 0 Å². The van der Waals surface area contributed by atoms with Crippen molar-refractivity contribution in [1.29, 1.82) is 0 Å². The molecule has 106 valence electrons. The van der Waals surface area contributed by atoms with Crippen LogP contribution in [0, 0.1) is 0 Å². The second-order valence-electron chi connectivity index (χ2n) is 4.38. The maximum Gasteiger partial charge on any atom is 0.149 e. The maximum absolute atomic E-state index is 9.56. The summed E-state index contributed by atoms with van der Waals surface area (Å²) in [6, 6.07) is 14.4.